The molecule has 1 aliphatic rings. The van der Waals surface area contributed by atoms with Crippen molar-refractivity contribution in [3.05, 3.63) is 53.9 Å². The summed E-state index contributed by atoms with van der Waals surface area (Å²) in [6.07, 6.45) is 2.93. The standard InChI is InChI=1S/C19H19N3O2S/c1-25-12-18-21-15-4-2-3-5-16(15)22(18)11-19(23)20-14-6-7-17-13(10-14)8-9-24-17/h2-7,10H,8-9,11-12H2,1H3,(H,20,23). The summed E-state index contributed by atoms with van der Waals surface area (Å²) >= 11 is 1.70. The third-order valence-corrected chi connectivity index (χ3v) is 4.83. The molecule has 0 saturated carbocycles. The fourth-order valence-corrected chi connectivity index (χ4v) is 3.63. The van der Waals surface area contributed by atoms with Gasteiger partial charge in [0.25, 0.3) is 0 Å². The van der Waals surface area contributed by atoms with Gasteiger partial charge in [-0.2, -0.15) is 11.8 Å². The van der Waals surface area contributed by atoms with Crippen molar-refractivity contribution >= 4 is 34.4 Å². The van der Waals surface area contributed by atoms with E-state index in [4.69, 9.17) is 4.74 Å². The maximum atomic E-state index is 12.6. The lowest BCUT2D eigenvalue weighted by molar-refractivity contribution is -0.116. The zero-order chi connectivity index (χ0) is 17.2. The number of carbonyl (C=O) groups excluding carboxylic acids is 1. The van der Waals surface area contributed by atoms with Crippen molar-refractivity contribution in [2.75, 3.05) is 18.2 Å². The number of para-hydroxylation sites is 2. The molecule has 2 aromatic carbocycles. The fourth-order valence-electron chi connectivity index (χ4n) is 3.15. The lowest BCUT2D eigenvalue weighted by Crippen LogP contribution is -2.20. The van der Waals surface area contributed by atoms with Crippen molar-refractivity contribution in [1.29, 1.82) is 0 Å². The Morgan fingerprint density at radius 3 is 3.08 bits per heavy atom. The summed E-state index contributed by atoms with van der Waals surface area (Å²) in [6, 6.07) is 13.7. The van der Waals surface area contributed by atoms with Crippen LogP contribution >= 0.6 is 11.8 Å². The summed E-state index contributed by atoms with van der Waals surface area (Å²) in [6.45, 7) is 0.968. The summed E-state index contributed by atoms with van der Waals surface area (Å²) in [4.78, 5) is 17.2. The third-order valence-electron chi connectivity index (χ3n) is 4.28. The topological polar surface area (TPSA) is 56.2 Å². The molecule has 3 aromatic rings. The second-order valence-corrected chi connectivity index (χ2v) is 6.87. The Bertz CT molecular complexity index is 936. The van der Waals surface area contributed by atoms with E-state index < -0.39 is 0 Å². The molecule has 0 unspecified atom stereocenters. The van der Waals surface area contributed by atoms with Crippen molar-refractivity contribution in [1.82, 2.24) is 9.55 Å². The van der Waals surface area contributed by atoms with Crippen LogP contribution in [0.2, 0.25) is 0 Å². The molecule has 0 atom stereocenters. The minimum atomic E-state index is -0.0515. The molecular weight excluding hydrogens is 334 g/mol. The van der Waals surface area contributed by atoms with Gasteiger partial charge in [0, 0.05) is 12.1 Å². The van der Waals surface area contributed by atoms with Crippen LogP contribution in [0.1, 0.15) is 11.4 Å². The molecule has 2 heterocycles. The molecule has 1 aromatic heterocycles. The number of amides is 1. The van der Waals surface area contributed by atoms with Crippen molar-refractivity contribution in [3.63, 3.8) is 0 Å². The molecule has 4 rings (SSSR count). The molecule has 25 heavy (non-hydrogen) atoms. The first-order chi connectivity index (χ1) is 12.2. The SMILES string of the molecule is CSCc1nc2ccccc2n1CC(=O)Nc1ccc2c(c1)CCO2. The second-order valence-electron chi connectivity index (χ2n) is 6.01. The van der Waals surface area contributed by atoms with Gasteiger partial charge in [-0.05, 0) is 42.2 Å². The number of hydrogen-bond donors (Lipinski definition) is 1. The average molecular weight is 353 g/mol. The first-order valence-corrected chi connectivity index (χ1v) is 9.62. The number of benzene rings is 2. The summed E-state index contributed by atoms with van der Waals surface area (Å²) in [5.74, 6) is 2.56. The monoisotopic (exact) mass is 353 g/mol. The molecule has 0 aliphatic carbocycles. The maximum Gasteiger partial charge on any atom is 0.244 e. The zero-order valence-electron chi connectivity index (χ0n) is 14.0. The van der Waals surface area contributed by atoms with Gasteiger partial charge in [-0.15, -0.1) is 0 Å². The van der Waals surface area contributed by atoms with E-state index in [1.807, 2.05) is 53.3 Å². The Morgan fingerprint density at radius 2 is 2.20 bits per heavy atom. The van der Waals surface area contributed by atoms with Gasteiger partial charge >= 0.3 is 0 Å². The predicted octanol–water partition coefficient (Wildman–Crippen LogP) is 3.47. The number of thioether (sulfide) groups is 1. The summed E-state index contributed by atoms with van der Waals surface area (Å²) in [7, 11) is 0. The number of fused-ring (bicyclic) bond motifs is 2. The van der Waals surface area contributed by atoms with E-state index >= 15 is 0 Å². The number of nitrogens with one attached hydrogen (secondary N) is 1. The fraction of sp³-hybridized carbons (Fsp3) is 0.263. The number of imidazole rings is 1. The van der Waals surface area contributed by atoms with Crippen LogP contribution < -0.4 is 10.1 Å². The highest BCUT2D eigenvalue weighted by Gasteiger charge is 2.15. The van der Waals surface area contributed by atoms with Gasteiger partial charge in [-0.25, -0.2) is 4.98 Å². The molecule has 0 fully saturated rings. The normalized spacial score (nSPS) is 12.8. The lowest BCUT2D eigenvalue weighted by Gasteiger charge is -2.10. The number of nitrogens with zero attached hydrogens (tertiary/aromatic N) is 2. The Kier molecular flexibility index (Phi) is 4.36. The summed E-state index contributed by atoms with van der Waals surface area (Å²) < 4.78 is 7.50. The van der Waals surface area contributed by atoms with Gasteiger partial charge in [0.15, 0.2) is 0 Å². The molecule has 1 N–H and O–H groups in total. The van der Waals surface area contributed by atoms with E-state index in [0.29, 0.717) is 6.61 Å². The van der Waals surface area contributed by atoms with Gasteiger partial charge in [0.05, 0.1) is 23.4 Å². The van der Waals surface area contributed by atoms with Crippen LogP contribution in [0.4, 0.5) is 5.69 Å². The zero-order valence-corrected chi connectivity index (χ0v) is 14.8. The number of aromatic nitrogens is 2. The molecule has 128 valence electrons. The molecule has 0 spiro atoms. The average Bonchev–Trinajstić information content (AvgIpc) is 3.20. The van der Waals surface area contributed by atoms with Crippen LogP contribution in [0.15, 0.2) is 42.5 Å². The number of anilines is 1. The number of rotatable bonds is 5. The van der Waals surface area contributed by atoms with Crippen molar-refractivity contribution in [2.45, 2.75) is 18.7 Å². The highest BCUT2D eigenvalue weighted by Crippen LogP contribution is 2.28. The lowest BCUT2D eigenvalue weighted by atomic mass is 10.1. The molecule has 1 amide bonds. The Morgan fingerprint density at radius 1 is 1.32 bits per heavy atom. The Balaban J connectivity index is 1.56. The number of carbonyl (C=O) groups is 1. The van der Waals surface area contributed by atoms with Crippen molar-refractivity contribution in [2.24, 2.45) is 0 Å². The first-order valence-electron chi connectivity index (χ1n) is 8.23. The van der Waals surface area contributed by atoms with Gasteiger partial charge in [0.1, 0.15) is 18.1 Å². The molecule has 0 bridgehead atoms. The summed E-state index contributed by atoms with van der Waals surface area (Å²) in [5, 5.41) is 2.99. The molecule has 0 saturated heterocycles. The van der Waals surface area contributed by atoms with Crippen molar-refractivity contribution in [3.8, 4) is 5.75 Å². The maximum absolute atomic E-state index is 12.6. The van der Waals surface area contributed by atoms with E-state index in [0.717, 1.165) is 46.0 Å². The first kappa shape index (κ1) is 16.0. The van der Waals surface area contributed by atoms with Crippen LogP contribution in [0, 0.1) is 0 Å². The minimum absolute atomic E-state index is 0.0515. The van der Waals surface area contributed by atoms with Gasteiger partial charge < -0.3 is 14.6 Å². The molecule has 5 nitrogen and oxygen atoms in total. The highest BCUT2D eigenvalue weighted by atomic mass is 32.2. The minimum Gasteiger partial charge on any atom is -0.493 e. The quantitative estimate of drug-likeness (QED) is 0.763. The molecular formula is C19H19N3O2S. The smallest absolute Gasteiger partial charge is 0.244 e. The third kappa shape index (κ3) is 3.22. The highest BCUT2D eigenvalue weighted by molar-refractivity contribution is 7.97. The van der Waals surface area contributed by atoms with E-state index in [9.17, 15) is 4.79 Å². The van der Waals surface area contributed by atoms with E-state index in [1.54, 1.807) is 11.8 Å². The number of hydrogen-bond acceptors (Lipinski definition) is 4. The van der Waals surface area contributed by atoms with E-state index in [1.165, 1.54) is 0 Å². The van der Waals surface area contributed by atoms with Gasteiger partial charge in [-0.1, -0.05) is 12.1 Å². The van der Waals surface area contributed by atoms with Crippen LogP contribution in [-0.2, 0) is 23.5 Å². The van der Waals surface area contributed by atoms with Gasteiger partial charge in [0.2, 0.25) is 5.91 Å². The molecule has 0 radical (unpaired) electrons. The van der Waals surface area contributed by atoms with Crippen LogP contribution in [0.25, 0.3) is 11.0 Å². The predicted molar refractivity (Wildman–Crippen MR) is 101 cm³/mol. The van der Waals surface area contributed by atoms with E-state index in [2.05, 4.69) is 10.3 Å². The Hall–Kier alpha value is -2.47. The van der Waals surface area contributed by atoms with Crippen molar-refractivity contribution < 1.29 is 9.53 Å². The van der Waals surface area contributed by atoms with Crippen LogP contribution in [-0.4, -0.2) is 28.3 Å². The second kappa shape index (κ2) is 6.80. The number of ether oxygens (including phenoxy) is 1. The van der Waals surface area contributed by atoms with Gasteiger partial charge in [-0.3, -0.25) is 4.79 Å². The summed E-state index contributed by atoms with van der Waals surface area (Å²) in [5.41, 5.74) is 3.87. The Labute approximate surface area is 150 Å². The van der Waals surface area contributed by atoms with Crippen LogP contribution in [0.3, 0.4) is 0 Å². The molecule has 6 heteroatoms. The van der Waals surface area contributed by atoms with Crippen LogP contribution in [0.5, 0.6) is 5.75 Å². The molecule has 1 aliphatic heterocycles. The largest absolute Gasteiger partial charge is 0.493 e. The van der Waals surface area contributed by atoms with E-state index in [-0.39, 0.29) is 12.5 Å².